The standard InChI is InChI=1S/C9H14N2O3S/c10-15(13,14)11-9(7-12)6-8-4-2-1-3-5-8/h1-5,9,11-12H,6-7H2,(H2,10,13,14). The first-order chi connectivity index (χ1) is 7.01. The molecule has 4 N–H and O–H groups in total. The molecule has 1 aromatic carbocycles. The van der Waals surface area contributed by atoms with Crippen molar-refractivity contribution in [2.24, 2.45) is 5.14 Å². The number of nitrogens with one attached hydrogen (secondary N) is 1. The molecule has 0 saturated carbocycles. The highest BCUT2D eigenvalue weighted by atomic mass is 32.2. The van der Waals surface area contributed by atoms with Gasteiger partial charge in [-0.25, -0.2) is 5.14 Å². The molecule has 1 rings (SSSR count). The molecule has 0 fully saturated rings. The van der Waals surface area contributed by atoms with Gasteiger partial charge in [-0.15, -0.1) is 0 Å². The van der Waals surface area contributed by atoms with Crippen molar-refractivity contribution in [1.82, 2.24) is 4.72 Å². The maximum Gasteiger partial charge on any atom is 0.274 e. The second-order valence-corrected chi connectivity index (χ2v) is 4.56. The van der Waals surface area contributed by atoms with Crippen LogP contribution < -0.4 is 9.86 Å². The Morgan fingerprint density at radius 1 is 1.33 bits per heavy atom. The molecule has 0 aromatic heterocycles. The lowest BCUT2D eigenvalue weighted by atomic mass is 10.1. The Labute approximate surface area is 89.1 Å². The van der Waals surface area contributed by atoms with E-state index < -0.39 is 16.3 Å². The van der Waals surface area contributed by atoms with Crippen molar-refractivity contribution in [2.75, 3.05) is 6.61 Å². The molecule has 0 aliphatic rings. The van der Waals surface area contributed by atoms with Gasteiger partial charge in [-0.3, -0.25) is 0 Å². The van der Waals surface area contributed by atoms with Crippen LogP contribution in [0.1, 0.15) is 5.56 Å². The Morgan fingerprint density at radius 2 is 1.93 bits per heavy atom. The zero-order chi connectivity index (χ0) is 11.3. The molecule has 0 aliphatic carbocycles. The van der Waals surface area contributed by atoms with Crippen molar-refractivity contribution >= 4 is 10.2 Å². The molecule has 1 aromatic rings. The predicted molar refractivity (Wildman–Crippen MR) is 57.3 cm³/mol. The summed E-state index contributed by atoms with van der Waals surface area (Å²) in [5, 5.41) is 13.8. The summed E-state index contributed by atoms with van der Waals surface area (Å²) >= 11 is 0. The van der Waals surface area contributed by atoms with E-state index in [1.165, 1.54) is 0 Å². The number of aliphatic hydroxyl groups is 1. The van der Waals surface area contributed by atoms with Crippen molar-refractivity contribution in [1.29, 1.82) is 0 Å². The second kappa shape index (κ2) is 5.22. The van der Waals surface area contributed by atoms with Gasteiger partial charge >= 0.3 is 0 Å². The maximum absolute atomic E-state index is 10.7. The third-order valence-electron chi connectivity index (χ3n) is 1.88. The molecule has 5 nitrogen and oxygen atoms in total. The fourth-order valence-corrected chi connectivity index (χ4v) is 1.90. The van der Waals surface area contributed by atoms with E-state index >= 15 is 0 Å². The zero-order valence-electron chi connectivity index (χ0n) is 8.13. The molecular weight excluding hydrogens is 216 g/mol. The molecule has 0 radical (unpaired) electrons. The third-order valence-corrected chi connectivity index (χ3v) is 2.54. The van der Waals surface area contributed by atoms with E-state index in [1.807, 2.05) is 30.3 Å². The largest absolute Gasteiger partial charge is 0.395 e. The van der Waals surface area contributed by atoms with Gasteiger partial charge in [0, 0.05) is 0 Å². The lowest BCUT2D eigenvalue weighted by Crippen LogP contribution is -2.42. The molecule has 0 saturated heterocycles. The lowest BCUT2D eigenvalue weighted by Gasteiger charge is -2.14. The van der Waals surface area contributed by atoms with Crippen molar-refractivity contribution in [3.63, 3.8) is 0 Å². The van der Waals surface area contributed by atoms with Crippen molar-refractivity contribution in [3.8, 4) is 0 Å². The topological polar surface area (TPSA) is 92.4 Å². The summed E-state index contributed by atoms with van der Waals surface area (Å²) in [6.45, 7) is -0.286. The van der Waals surface area contributed by atoms with Crippen LogP contribution in [0.2, 0.25) is 0 Å². The minimum Gasteiger partial charge on any atom is -0.395 e. The van der Waals surface area contributed by atoms with E-state index in [0.29, 0.717) is 6.42 Å². The first-order valence-electron chi connectivity index (χ1n) is 4.46. The van der Waals surface area contributed by atoms with E-state index in [2.05, 4.69) is 4.72 Å². The molecule has 0 amide bonds. The summed E-state index contributed by atoms with van der Waals surface area (Å²) < 4.78 is 23.6. The van der Waals surface area contributed by atoms with E-state index in [4.69, 9.17) is 10.2 Å². The summed E-state index contributed by atoms with van der Waals surface area (Å²) in [6.07, 6.45) is 0.410. The number of hydrogen-bond acceptors (Lipinski definition) is 3. The zero-order valence-corrected chi connectivity index (χ0v) is 8.94. The molecule has 1 unspecified atom stereocenters. The van der Waals surface area contributed by atoms with Crippen LogP contribution in [0.25, 0.3) is 0 Å². The number of benzene rings is 1. The summed E-state index contributed by atoms with van der Waals surface area (Å²) in [7, 11) is -3.77. The fourth-order valence-electron chi connectivity index (χ4n) is 1.27. The Morgan fingerprint density at radius 3 is 2.40 bits per heavy atom. The predicted octanol–water partition coefficient (Wildman–Crippen LogP) is -0.617. The van der Waals surface area contributed by atoms with Crippen LogP contribution in [0.3, 0.4) is 0 Å². The second-order valence-electron chi connectivity index (χ2n) is 3.23. The van der Waals surface area contributed by atoms with Crippen LogP contribution in [-0.4, -0.2) is 26.2 Å². The van der Waals surface area contributed by atoms with Gasteiger partial charge in [0.2, 0.25) is 0 Å². The average molecular weight is 230 g/mol. The van der Waals surface area contributed by atoms with Gasteiger partial charge in [0.05, 0.1) is 12.6 Å². The Balaban J connectivity index is 2.63. The highest BCUT2D eigenvalue weighted by Gasteiger charge is 2.13. The van der Waals surface area contributed by atoms with E-state index in [-0.39, 0.29) is 6.61 Å². The number of hydrogen-bond donors (Lipinski definition) is 3. The molecule has 0 bridgehead atoms. The number of nitrogens with two attached hydrogens (primary N) is 1. The number of aliphatic hydroxyl groups excluding tert-OH is 1. The molecule has 84 valence electrons. The first kappa shape index (κ1) is 12.1. The van der Waals surface area contributed by atoms with Gasteiger partial charge in [0.25, 0.3) is 10.2 Å². The summed E-state index contributed by atoms with van der Waals surface area (Å²) in [4.78, 5) is 0. The first-order valence-corrected chi connectivity index (χ1v) is 6.01. The van der Waals surface area contributed by atoms with E-state index in [0.717, 1.165) is 5.56 Å². The molecule has 0 aliphatic heterocycles. The molecular formula is C9H14N2O3S. The van der Waals surface area contributed by atoms with Crippen LogP contribution in [0.4, 0.5) is 0 Å². The summed E-state index contributed by atoms with van der Waals surface area (Å²) in [6, 6.07) is 8.69. The molecule has 0 heterocycles. The van der Waals surface area contributed by atoms with Crippen molar-refractivity contribution in [3.05, 3.63) is 35.9 Å². The highest BCUT2D eigenvalue weighted by Crippen LogP contribution is 2.03. The average Bonchev–Trinajstić information content (AvgIpc) is 2.16. The lowest BCUT2D eigenvalue weighted by molar-refractivity contribution is 0.256. The van der Waals surface area contributed by atoms with Crippen LogP contribution in [0.15, 0.2) is 30.3 Å². The molecule has 15 heavy (non-hydrogen) atoms. The van der Waals surface area contributed by atoms with Gasteiger partial charge in [-0.2, -0.15) is 13.1 Å². The SMILES string of the molecule is NS(=O)(=O)NC(CO)Cc1ccccc1. The highest BCUT2D eigenvalue weighted by molar-refractivity contribution is 7.87. The Hall–Kier alpha value is -0.950. The van der Waals surface area contributed by atoms with Crippen LogP contribution in [-0.2, 0) is 16.6 Å². The van der Waals surface area contributed by atoms with E-state index in [1.54, 1.807) is 0 Å². The monoisotopic (exact) mass is 230 g/mol. The third kappa shape index (κ3) is 4.89. The van der Waals surface area contributed by atoms with Gasteiger partial charge in [0.1, 0.15) is 0 Å². The van der Waals surface area contributed by atoms with Crippen molar-refractivity contribution < 1.29 is 13.5 Å². The van der Waals surface area contributed by atoms with Crippen LogP contribution >= 0.6 is 0 Å². The minimum absolute atomic E-state index is 0.286. The Kier molecular flexibility index (Phi) is 4.22. The summed E-state index contributed by atoms with van der Waals surface area (Å²) in [5.41, 5.74) is 0.938. The van der Waals surface area contributed by atoms with Crippen LogP contribution in [0, 0.1) is 0 Å². The molecule has 0 spiro atoms. The normalized spacial score (nSPS) is 13.7. The van der Waals surface area contributed by atoms with Crippen LogP contribution in [0.5, 0.6) is 0 Å². The van der Waals surface area contributed by atoms with Gasteiger partial charge < -0.3 is 5.11 Å². The Bertz CT molecular complexity index is 391. The van der Waals surface area contributed by atoms with Gasteiger partial charge in [-0.1, -0.05) is 30.3 Å². The van der Waals surface area contributed by atoms with Gasteiger partial charge in [-0.05, 0) is 12.0 Å². The smallest absolute Gasteiger partial charge is 0.274 e. The minimum atomic E-state index is -3.77. The van der Waals surface area contributed by atoms with Crippen molar-refractivity contribution in [2.45, 2.75) is 12.5 Å². The molecule has 6 heteroatoms. The molecule has 1 atom stereocenters. The number of rotatable bonds is 5. The van der Waals surface area contributed by atoms with E-state index in [9.17, 15) is 8.42 Å². The maximum atomic E-state index is 10.7. The van der Waals surface area contributed by atoms with Gasteiger partial charge in [0.15, 0.2) is 0 Å². The quantitative estimate of drug-likeness (QED) is 0.629. The fraction of sp³-hybridized carbons (Fsp3) is 0.333. The summed E-state index contributed by atoms with van der Waals surface area (Å²) in [5.74, 6) is 0.